The van der Waals surface area contributed by atoms with Crippen molar-refractivity contribution in [1.29, 1.82) is 0 Å². The molecule has 0 spiro atoms. The molecule has 3 heterocycles. The molecule has 2 aromatic carbocycles. The van der Waals surface area contributed by atoms with E-state index in [2.05, 4.69) is 0 Å². The zero-order chi connectivity index (χ0) is 30.5. The number of ether oxygens (including phenoxy) is 4. The molecule has 0 bridgehead atoms. The normalized spacial score (nSPS) is 31.4. The Morgan fingerprint density at radius 1 is 0.690 bits per heavy atom. The van der Waals surface area contributed by atoms with Crippen molar-refractivity contribution in [2.75, 3.05) is 13.2 Å². The molecule has 42 heavy (non-hydrogen) atoms. The minimum atomic E-state index is -1.78. The second-order valence-corrected chi connectivity index (χ2v) is 9.75. The first-order valence-electron chi connectivity index (χ1n) is 12.6. The average Bonchev–Trinajstić information content (AvgIpc) is 3.23. The summed E-state index contributed by atoms with van der Waals surface area (Å²) in [6, 6.07) is 5.41. The van der Waals surface area contributed by atoms with Crippen molar-refractivity contribution in [3.8, 4) is 40.1 Å². The smallest absolute Gasteiger partial charge is 0.239 e. The van der Waals surface area contributed by atoms with Crippen molar-refractivity contribution in [2.45, 2.75) is 55.3 Å². The maximum Gasteiger partial charge on any atom is 0.239 e. The fourth-order valence-corrected chi connectivity index (χ4v) is 4.67. The Hall–Kier alpha value is -3.71. The van der Waals surface area contributed by atoms with Gasteiger partial charge in [0.2, 0.25) is 23.8 Å². The van der Waals surface area contributed by atoms with E-state index in [4.69, 9.17) is 23.4 Å². The second-order valence-electron chi connectivity index (χ2n) is 9.75. The molecule has 0 saturated carbocycles. The minimum Gasteiger partial charge on any atom is -0.507 e. The number of aliphatic hydroxyl groups is 7. The SMILES string of the molecule is O=c1c(O[C@@H]2O[C@@H](CO)[C@H](O)[C@H]2O)c(-c2ccc(O)c(O)c2)oc2cc(O[C@H]3O[C@@H](CO)[C@H](O)[C@@H](O)[C@@H]3O)cc(O)c12. The topological polar surface area (TPSA) is 269 Å². The molecule has 2 aliphatic heterocycles. The van der Waals surface area contributed by atoms with Gasteiger partial charge in [-0.1, -0.05) is 0 Å². The molecule has 16 nitrogen and oxygen atoms in total. The molecule has 0 amide bonds. The Kier molecular flexibility index (Phi) is 8.17. The van der Waals surface area contributed by atoms with Gasteiger partial charge in [-0.3, -0.25) is 4.79 Å². The standard InChI is InChI=1S/C26H28O16/c27-6-14-17(32)20(35)22(37)25(40-14)38-9-4-12(31)16-13(5-9)39-23(8-1-2-10(29)11(30)3-8)24(19(16)34)42-26-21(36)18(33)15(7-28)41-26/h1-5,14-15,17-18,20-22,25-33,35-37H,6-7H2/t14-,15-,17-,18-,20+,21+,22-,25-,26-/m0/s1. The summed E-state index contributed by atoms with van der Waals surface area (Å²) in [4.78, 5) is 13.6. The van der Waals surface area contributed by atoms with Crippen molar-refractivity contribution in [3.05, 3.63) is 40.6 Å². The first-order chi connectivity index (χ1) is 19.9. The number of aromatic hydroxyl groups is 3. The lowest BCUT2D eigenvalue weighted by atomic mass is 9.99. The first-order valence-corrected chi connectivity index (χ1v) is 12.6. The highest BCUT2D eigenvalue weighted by Crippen LogP contribution is 2.40. The van der Waals surface area contributed by atoms with Crippen LogP contribution in [0.1, 0.15) is 0 Å². The minimum absolute atomic E-state index is 0.0224. The van der Waals surface area contributed by atoms with Crippen LogP contribution >= 0.6 is 0 Å². The Labute approximate surface area is 235 Å². The summed E-state index contributed by atoms with van der Waals surface area (Å²) in [6.45, 7) is -1.40. The van der Waals surface area contributed by atoms with Gasteiger partial charge in [0.15, 0.2) is 17.3 Å². The van der Waals surface area contributed by atoms with Crippen LogP contribution in [0.4, 0.5) is 0 Å². The summed E-state index contributed by atoms with van der Waals surface area (Å²) in [5.41, 5.74) is -1.35. The fourth-order valence-electron chi connectivity index (χ4n) is 4.67. The maximum absolute atomic E-state index is 13.6. The van der Waals surface area contributed by atoms with E-state index < -0.39 is 102 Å². The number of hydrogen-bond acceptors (Lipinski definition) is 16. The number of fused-ring (bicyclic) bond motifs is 1. The van der Waals surface area contributed by atoms with Gasteiger partial charge in [0.1, 0.15) is 65.2 Å². The van der Waals surface area contributed by atoms with Gasteiger partial charge in [-0.15, -0.1) is 0 Å². The zero-order valence-electron chi connectivity index (χ0n) is 21.4. The molecule has 2 saturated heterocycles. The van der Waals surface area contributed by atoms with Crippen LogP contribution < -0.4 is 14.9 Å². The van der Waals surface area contributed by atoms with Crippen LogP contribution in [-0.2, 0) is 9.47 Å². The fraction of sp³-hybridized carbons (Fsp3) is 0.423. The van der Waals surface area contributed by atoms with E-state index in [1.807, 2.05) is 0 Å². The molecule has 1 aromatic heterocycles. The van der Waals surface area contributed by atoms with E-state index in [9.17, 15) is 55.9 Å². The molecule has 0 unspecified atom stereocenters. The highest BCUT2D eigenvalue weighted by atomic mass is 16.7. The summed E-state index contributed by atoms with van der Waals surface area (Å²) in [5.74, 6) is -3.08. The number of hydrogen-bond donors (Lipinski definition) is 10. The molecule has 16 heteroatoms. The van der Waals surface area contributed by atoms with Gasteiger partial charge in [-0.2, -0.15) is 0 Å². The molecule has 0 aliphatic carbocycles. The lowest BCUT2D eigenvalue weighted by molar-refractivity contribution is -0.277. The molecular formula is C26H28O16. The largest absolute Gasteiger partial charge is 0.507 e. The predicted octanol–water partition coefficient (Wildman–Crippen LogP) is -2.43. The number of rotatable bonds is 7. The van der Waals surface area contributed by atoms with Crippen molar-refractivity contribution in [2.24, 2.45) is 0 Å². The van der Waals surface area contributed by atoms with Gasteiger partial charge >= 0.3 is 0 Å². The summed E-state index contributed by atoms with van der Waals surface area (Å²) in [6.07, 6.45) is -14.3. The highest BCUT2D eigenvalue weighted by Gasteiger charge is 2.46. The van der Waals surface area contributed by atoms with Gasteiger partial charge in [0, 0.05) is 17.7 Å². The number of aliphatic hydroxyl groups excluding tert-OH is 7. The zero-order valence-corrected chi connectivity index (χ0v) is 21.4. The average molecular weight is 596 g/mol. The molecule has 2 aliphatic rings. The van der Waals surface area contributed by atoms with Crippen LogP contribution in [0.15, 0.2) is 39.5 Å². The molecule has 0 radical (unpaired) electrons. The highest BCUT2D eigenvalue weighted by molar-refractivity contribution is 5.88. The van der Waals surface area contributed by atoms with Gasteiger partial charge in [0.25, 0.3) is 0 Å². The molecule has 10 N–H and O–H groups in total. The molecule has 5 rings (SSSR count). The summed E-state index contributed by atoms with van der Waals surface area (Å²) >= 11 is 0. The lowest BCUT2D eigenvalue weighted by Crippen LogP contribution is -2.60. The predicted molar refractivity (Wildman–Crippen MR) is 136 cm³/mol. The summed E-state index contributed by atoms with van der Waals surface area (Å²) in [7, 11) is 0. The Morgan fingerprint density at radius 3 is 1.90 bits per heavy atom. The van der Waals surface area contributed by atoms with Gasteiger partial charge in [-0.05, 0) is 18.2 Å². The molecule has 9 atom stereocenters. The third-order valence-electron chi connectivity index (χ3n) is 6.98. The quantitative estimate of drug-likeness (QED) is 0.127. The Bertz CT molecular complexity index is 1500. The number of benzene rings is 2. The van der Waals surface area contributed by atoms with Crippen molar-refractivity contribution in [3.63, 3.8) is 0 Å². The van der Waals surface area contributed by atoms with Crippen LogP contribution in [0.25, 0.3) is 22.3 Å². The molecule has 2 fully saturated rings. The lowest BCUT2D eigenvalue weighted by Gasteiger charge is -2.39. The number of phenols is 3. The van der Waals surface area contributed by atoms with Gasteiger partial charge < -0.3 is 74.4 Å². The molecule has 228 valence electrons. The third kappa shape index (κ3) is 5.19. The van der Waals surface area contributed by atoms with E-state index >= 15 is 0 Å². The number of phenolic OH excluding ortho intramolecular Hbond substituents is 3. The van der Waals surface area contributed by atoms with Crippen LogP contribution in [0.3, 0.4) is 0 Å². The summed E-state index contributed by atoms with van der Waals surface area (Å²) in [5, 5.41) is 99.7. The second kappa shape index (κ2) is 11.5. The van der Waals surface area contributed by atoms with Crippen LogP contribution in [-0.4, -0.2) is 120 Å². The van der Waals surface area contributed by atoms with Crippen LogP contribution in [0, 0.1) is 0 Å². The van der Waals surface area contributed by atoms with E-state index in [-0.39, 0.29) is 22.7 Å². The van der Waals surface area contributed by atoms with Gasteiger partial charge in [0.05, 0.1) is 13.2 Å². The molecular weight excluding hydrogens is 568 g/mol. The van der Waals surface area contributed by atoms with Gasteiger partial charge in [-0.25, -0.2) is 0 Å². The Morgan fingerprint density at radius 2 is 1.29 bits per heavy atom. The van der Waals surface area contributed by atoms with E-state index in [1.165, 1.54) is 6.07 Å². The van der Waals surface area contributed by atoms with Crippen LogP contribution in [0.5, 0.6) is 28.7 Å². The van der Waals surface area contributed by atoms with Crippen molar-refractivity contribution in [1.82, 2.24) is 0 Å². The first kappa shape index (κ1) is 29.8. The Balaban J connectivity index is 1.59. The van der Waals surface area contributed by atoms with Crippen LogP contribution in [0.2, 0.25) is 0 Å². The van der Waals surface area contributed by atoms with E-state index in [0.29, 0.717) is 0 Å². The van der Waals surface area contributed by atoms with Crippen molar-refractivity contribution < 1.29 is 74.4 Å². The van der Waals surface area contributed by atoms with Crippen molar-refractivity contribution >= 4 is 11.0 Å². The maximum atomic E-state index is 13.6. The van der Waals surface area contributed by atoms with E-state index in [0.717, 1.165) is 24.3 Å². The summed E-state index contributed by atoms with van der Waals surface area (Å²) < 4.78 is 27.6. The molecule has 3 aromatic rings. The van der Waals surface area contributed by atoms with E-state index in [1.54, 1.807) is 0 Å². The third-order valence-corrected chi connectivity index (χ3v) is 6.98. The monoisotopic (exact) mass is 596 g/mol.